The van der Waals surface area contributed by atoms with Gasteiger partial charge in [0.1, 0.15) is 16.5 Å². The molecule has 4 aromatic rings. The van der Waals surface area contributed by atoms with Gasteiger partial charge < -0.3 is 5.32 Å². The molecule has 0 fully saturated rings. The molecule has 0 atom stereocenters. The Morgan fingerprint density at radius 1 is 1.07 bits per heavy atom. The molecule has 27 heavy (non-hydrogen) atoms. The van der Waals surface area contributed by atoms with Crippen molar-refractivity contribution in [3.8, 4) is 11.3 Å². The Hall–Kier alpha value is -3.06. The van der Waals surface area contributed by atoms with Gasteiger partial charge in [-0.1, -0.05) is 23.5 Å². The van der Waals surface area contributed by atoms with Crippen LogP contribution < -0.4 is 5.32 Å². The number of nitrogens with one attached hydrogen (secondary N) is 1. The molecule has 1 amide bonds. The molecule has 136 valence electrons. The number of fused-ring (bicyclic) bond motifs is 1. The van der Waals surface area contributed by atoms with Crippen molar-refractivity contribution in [3.63, 3.8) is 0 Å². The number of halogens is 2. The summed E-state index contributed by atoms with van der Waals surface area (Å²) in [4.78, 5) is 18.3. The highest BCUT2D eigenvalue weighted by molar-refractivity contribution is 7.19. The van der Waals surface area contributed by atoms with E-state index in [0.717, 1.165) is 22.5 Å². The van der Waals surface area contributed by atoms with Gasteiger partial charge in [-0.2, -0.15) is 0 Å². The average molecular weight is 383 g/mol. The van der Waals surface area contributed by atoms with E-state index in [2.05, 4.69) is 10.3 Å². The fraction of sp³-hybridized carbons (Fsp3) is 0.100. The van der Waals surface area contributed by atoms with E-state index in [0.29, 0.717) is 16.4 Å². The van der Waals surface area contributed by atoms with Crippen LogP contribution in [-0.4, -0.2) is 15.3 Å². The van der Waals surface area contributed by atoms with Crippen LogP contribution in [0.4, 0.5) is 8.78 Å². The molecule has 0 spiro atoms. The molecule has 0 aliphatic heterocycles. The van der Waals surface area contributed by atoms with E-state index in [1.165, 1.54) is 35.6 Å². The summed E-state index contributed by atoms with van der Waals surface area (Å²) in [5, 5.41) is 2.85. The summed E-state index contributed by atoms with van der Waals surface area (Å²) in [6.45, 7) is 2.17. The molecule has 4 rings (SSSR count). The van der Waals surface area contributed by atoms with E-state index in [4.69, 9.17) is 0 Å². The second-order valence-corrected chi connectivity index (χ2v) is 7.09. The zero-order valence-electron chi connectivity index (χ0n) is 14.4. The highest BCUT2D eigenvalue weighted by atomic mass is 32.1. The van der Waals surface area contributed by atoms with E-state index in [9.17, 15) is 13.6 Å². The fourth-order valence-corrected chi connectivity index (χ4v) is 3.81. The maximum absolute atomic E-state index is 13.1. The number of carbonyl (C=O) groups excluding carboxylic acids is 1. The van der Waals surface area contributed by atoms with Crippen molar-refractivity contribution in [2.45, 2.75) is 13.5 Å². The third kappa shape index (κ3) is 3.46. The zero-order chi connectivity index (χ0) is 19.0. The molecule has 0 aliphatic carbocycles. The molecule has 0 unspecified atom stereocenters. The predicted octanol–water partition coefficient (Wildman–Crippen LogP) is 4.58. The van der Waals surface area contributed by atoms with Crippen LogP contribution in [0.15, 0.2) is 54.7 Å². The predicted molar refractivity (Wildman–Crippen MR) is 101 cm³/mol. The number of carbonyl (C=O) groups is 1. The van der Waals surface area contributed by atoms with Crippen molar-refractivity contribution >= 4 is 22.2 Å². The number of hydrogen-bond donors (Lipinski definition) is 1. The van der Waals surface area contributed by atoms with Crippen LogP contribution in [0, 0.1) is 18.6 Å². The summed E-state index contributed by atoms with van der Waals surface area (Å²) in [6.07, 6.45) is 1.84. The van der Waals surface area contributed by atoms with Gasteiger partial charge in [0, 0.05) is 24.0 Å². The van der Waals surface area contributed by atoms with Crippen molar-refractivity contribution in [2.24, 2.45) is 0 Å². The Morgan fingerprint density at radius 2 is 1.70 bits per heavy atom. The number of imidazole rings is 1. The summed E-state index contributed by atoms with van der Waals surface area (Å²) in [5.41, 5.74) is 3.14. The summed E-state index contributed by atoms with van der Waals surface area (Å²) >= 11 is 1.29. The summed E-state index contributed by atoms with van der Waals surface area (Å²) in [7, 11) is 0. The normalized spacial score (nSPS) is 11.1. The van der Waals surface area contributed by atoms with Crippen molar-refractivity contribution in [1.82, 2.24) is 14.7 Å². The van der Waals surface area contributed by atoms with Crippen LogP contribution in [0.5, 0.6) is 0 Å². The summed E-state index contributed by atoms with van der Waals surface area (Å²) < 4.78 is 27.9. The molecule has 0 radical (unpaired) electrons. The Labute approximate surface area is 158 Å². The van der Waals surface area contributed by atoms with E-state index < -0.39 is 0 Å². The number of rotatable bonds is 4. The molecule has 0 aliphatic rings. The SMILES string of the molecule is Cc1c(C(=O)NCc2ccc(F)cc2)sc2nc(-c3ccc(F)cc3)cn12. The standard InChI is InChI=1S/C20H15F2N3OS/c1-12-18(19(26)23-10-13-2-6-15(21)7-3-13)27-20-24-17(11-25(12)20)14-4-8-16(22)9-5-14/h2-9,11H,10H2,1H3,(H,23,26). The van der Waals surface area contributed by atoms with E-state index >= 15 is 0 Å². The lowest BCUT2D eigenvalue weighted by atomic mass is 10.2. The van der Waals surface area contributed by atoms with Crippen LogP contribution in [0.3, 0.4) is 0 Å². The number of hydrogen-bond acceptors (Lipinski definition) is 3. The lowest BCUT2D eigenvalue weighted by Crippen LogP contribution is -2.22. The third-order valence-corrected chi connectivity index (χ3v) is 5.42. The molecule has 4 nitrogen and oxygen atoms in total. The minimum atomic E-state index is -0.308. The molecule has 1 N–H and O–H groups in total. The van der Waals surface area contributed by atoms with Crippen molar-refractivity contribution in [1.29, 1.82) is 0 Å². The smallest absolute Gasteiger partial charge is 0.263 e. The first kappa shape index (κ1) is 17.4. The quantitative estimate of drug-likeness (QED) is 0.561. The highest BCUT2D eigenvalue weighted by Gasteiger charge is 2.18. The Balaban J connectivity index is 1.54. The van der Waals surface area contributed by atoms with Crippen LogP contribution >= 0.6 is 11.3 Å². The second-order valence-electron chi connectivity index (χ2n) is 6.11. The number of amides is 1. The molecule has 2 aromatic heterocycles. The number of thiazole rings is 1. The highest BCUT2D eigenvalue weighted by Crippen LogP contribution is 2.27. The van der Waals surface area contributed by atoms with Gasteiger partial charge in [-0.15, -0.1) is 0 Å². The second kappa shape index (κ2) is 6.92. The number of nitrogens with zero attached hydrogens (tertiary/aromatic N) is 2. The third-order valence-electron chi connectivity index (χ3n) is 4.27. The van der Waals surface area contributed by atoms with E-state index in [1.54, 1.807) is 24.3 Å². The van der Waals surface area contributed by atoms with Crippen LogP contribution in [0.1, 0.15) is 20.9 Å². The molecule has 0 bridgehead atoms. The van der Waals surface area contributed by atoms with Gasteiger partial charge in [0.2, 0.25) is 0 Å². The van der Waals surface area contributed by atoms with Crippen molar-refractivity contribution < 1.29 is 13.6 Å². The molecule has 0 saturated heterocycles. The summed E-state index contributed by atoms with van der Waals surface area (Å²) in [6, 6.07) is 12.1. The first-order chi connectivity index (χ1) is 13.0. The van der Waals surface area contributed by atoms with Gasteiger partial charge in [-0.05, 0) is 48.9 Å². The van der Waals surface area contributed by atoms with E-state index in [1.807, 2.05) is 17.5 Å². The molecular weight excluding hydrogens is 368 g/mol. The topological polar surface area (TPSA) is 46.4 Å². The molecule has 2 heterocycles. The van der Waals surface area contributed by atoms with Gasteiger partial charge in [-0.3, -0.25) is 9.20 Å². The van der Waals surface area contributed by atoms with Crippen LogP contribution in [-0.2, 0) is 6.54 Å². The fourth-order valence-electron chi connectivity index (χ4n) is 2.79. The maximum Gasteiger partial charge on any atom is 0.263 e. The largest absolute Gasteiger partial charge is 0.347 e. The monoisotopic (exact) mass is 383 g/mol. The molecular formula is C20H15F2N3OS. The number of aryl methyl sites for hydroxylation is 1. The maximum atomic E-state index is 13.1. The number of aromatic nitrogens is 2. The minimum Gasteiger partial charge on any atom is -0.347 e. The van der Waals surface area contributed by atoms with Gasteiger partial charge in [-0.25, -0.2) is 13.8 Å². The van der Waals surface area contributed by atoms with Crippen LogP contribution in [0.25, 0.3) is 16.2 Å². The Bertz CT molecular complexity index is 1110. The van der Waals surface area contributed by atoms with Gasteiger partial charge in [0.25, 0.3) is 5.91 Å². The lowest BCUT2D eigenvalue weighted by Gasteiger charge is -2.04. The first-order valence-corrected chi connectivity index (χ1v) is 9.10. The van der Waals surface area contributed by atoms with Gasteiger partial charge >= 0.3 is 0 Å². The minimum absolute atomic E-state index is 0.198. The Kier molecular flexibility index (Phi) is 4.45. The average Bonchev–Trinajstić information content (AvgIpc) is 3.21. The van der Waals surface area contributed by atoms with Gasteiger partial charge in [0.05, 0.1) is 5.69 Å². The van der Waals surface area contributed by atoms with Crippen molar-refractivity contribution in [3.05, 3.63) is 82.5 Å². The number of benzene rings is 2. The first-order valence-electron chi connectivity index (χ1n) is 8.28. The van der Waals surface area contributed by atoms with Crippen LogP contribution in [0.2, 0.25) is 0 Å². The lowest BCUT2D eigenvalue weighted by molar-refractivity contribution is 0.0954. The van der Waals surface area contributed by atoms with E-state index in [-0.39, 0.29) is 17.5 Å². The molecule has 0 saturated carbocycles. The Morgan fingerprint density at radius 3 is 2.33 bits per heavy atom. The molecule has 7 heteroatoms. The summed E-state index contributed by atoms with van der Waals surface area (Å²) in [5.74, 6) is -0.802. The van der Waals surface area contributed by atoms with Gasteiger partial charge in [0.15, 0.2) is 4.96 Å². The zero-order valence-corrected chi connectivity index (χ0v) is 15.2. The molecule has 2 aromatic carbocycles. The van der Waals surface area contributed by atoms with Crippen molar-refractivity contribution in [2.75, 3.05) is 0 Å².